The molecule has 31 heavy (non-hydrogen) atoms. The van der Waals surface area contributed by atoms with Crippen molar-refractivity contribution < 1.29 is 18.8 Å². The van der Waals surface area contributed by atoms with E-state index in [9.17, 15) is 18.8 Å². The van der Waals surface area contributed by atoms with E-state index in [1.165, 1.54) is 12.1 Å². The third-order valence-corrected chi connectivity index (χ3v) is 5.36. The second-order valence-electron chi connectivity index (χ2n) is 7.02. The number of ketones is 1. The van der Waals surface area contributed by atoms with Crippen LogP contribution in [-0.2, 0) is 11.2 Å². The number of hydrogen-bond acceptors (Lipinski definition) is 3. The largest absolute Gasteiger partial charge is 0.369 e. The summed E-state index contributed by atoms with van der Waals surface area (Å²) in [5, 5.41) is 2.69. The maximum atomic E-state index is 13.1. The highest BCUT2D eigenvalue weighted by Gasteiger charge is 2.21. The van der Waals surface area contributed by atoms with Crippen molar-refractivity contribution in [1.82, 2.24) is 5.32 Å². The van der Waals surface area contributed by atoms with Crippen molar-refractivity contribution in [2.24, 2.45) is 11.7 Å². The summed E-state index contributed by atoms with van der Waals surface area (Å²) in [6, 6.07) is 19.1. The summed E-state index contributed by atoms with van der Waals surface area (Å²) in [5.41, 5.74) is 7.13. The second-order valence-corrected chi connectivity index (χ2v) is 7.94. The Balaban J connectivity index is 1.73. The summed E-state index contributed by atoms with van der Waals surface area (Å²) >= 11 is 3.33. The molecule has 0 aliphatic carbocycles. The predicted octanol–water partition coefficient (Wildman–Crippen LogP) is 3.89. The Bertz CT molecular complexity index is 1100. The van der Waals surface area contributed by atoms with Crippen LogP contribution in [0.15, 0.2) is 77.3 Å². The topological polar surface area (TPSA) is 89.3 Å². The van der Waals surface area contributed by atoms with Crippen LogP contribution >= 0.6 is 15.9 Å². The molecule has 0 bridgehead atoms. The molecule has 2 amide bonds. The molecule has 0 heterocycles. The number of carbonyl (C=O) groups is 3. The van der Waals surface area contributed by atoms with Crippen LogP contribution in [0.1, 0.15) is 31.8 Å². The van der Waals surface area contributed by atoms with Gasteiger partial charge in [0.15, 0.2) is 5.78 Å². The lowest BCUT2D eigenvalue weighted by Crippen LogP contribution is -2.37. The maximum absolute atomic E-state index is 13.1. The normalized spacial score (nSPS) is 11.5. The molecular formula is C24H20BrFN2O3. The van der Waals surface area contributed by atoms with Crippen LogP contribution in [0.5, 0.6) is 0 Å². The molecule has 0 radical (unpaired) electrons. The summed E-state index contributed by atoms with van der Waals surface area (Å²) in [6.45, 7) is -0.00759. The second kappa shape index (κ2) is 10.1. The highest BCUT2D eigenvalue weighted by molar-refractivity contribution is 9.10. The summed E-state index contributed by atoms with van der Waals surface area (Å²) in [5.74, 6) is -2.39. The Labute approximate surface area is 187 Å². The lowest BCUT2D eigenvalue weighted by molar-refractivity contribution is -0.121. The Morgan fingerprint density at radius 2 is 1.52 bits per heavy atom. The molecule has 3 rings (SSSR count). The van der Waals surface area contributed by atoms with Crippen LogP contribution in [0.25, 0.3) is 0 Å². The quantitative estimate of drug-likeness (QED) is 0.477. The van der Waals surface area contributed by atoms with Crippen LogP contribution in [-0.4, -0.2) is 24.1 Å². The average Bonchev–Trinajstić information content (AvgIpc) is 2.77. The third kappa shape index (κ3) is 5.86. The summed E-state index contributed by atoms with van der Waals surface area (Å²) < 4.78 is 13.9. The first-order valence-corrected chi connectivity index (χ1v) is 10.4. The molecule has 0 saturated heterocycles. The lowest BCUT2D eigenvalue weighted by atomic mass is 9.96. The maximum Gasteiger partial charge on any atom is 0.252 e. The molecule has 0 aromatic heterocycles. The number of nitrogens with two attached hydrogens (primary N) is 1. The summed E-state index contributed by atoms with van der Waals surface area (Å²) in [6.07, 6.45) is 0.259. The van der Waals surface area contributed by atoms with E-state index < -0.39 is 17.7 Å². The van der Waals surface area contributed by atoms with Gasteiger partial charge in [-0.2, -0.15) is 0 Å². The van der Waals surface area contributed by atoms with Crippen molar-refractivity contribution in [2.45, 2.75) is 6.42 Å². The number of halogens is 2. The van der Waals surface area contributed by atoms with Gasteiger partial charge in [0.25, 0.3) is 5.91 Å². The Hall–Kier alpha value is -3.32. The van der Waals surface area contributed by atoms with Gasteiger partial charge in [-0.1, -0.05) is 46.3 Å². The zero-order valence-electron chi connectivity index (χ0n) is 16.5. The van der Waals surface area contributed by atoms with Gasteiger partial charge in [-0.15, -0.1) is 0 Å². The fourth-order valence-corrected chi connectivity index (χ4v) is 3.39. The minimum atomic E-state index is -0.677. The number of rotatable bonds is 8. The molecule has 158 valence electrons. The van der Waals surface area contributed by atoms with Crippen LogP contribution in [0.4, 0.5) is 4.39 Å². The number of amides is 2. The molecule has 7 heteroatoms. The fourth-order valence-electron chi connectivity index (χ4n) is 3.13. The Morgan fingerprint density at radius 3 is 2.13 bits per heavy atom. The molecule has 3 aromatic rings. The molecule has 3 aromatic carbocycles. The molecule has 0 saturated carbocycles. The number of nitrogens with one attached hydrogen (secondary N) is 1. The number of benzene rings is 3. The van der Waals surface area contributed by atoms with Crippen LogP contribution < -0.4 is 11.1 Å². The lowest BCUT2D eigenvalue weighted by Gasteiger charge is -2.15. The molecule has 1 unspecified atom stereocenters. The SMILES string of the molecule is NC(=O)C(CNC(=O)c1ccccc1C(=O)c1ccc(Br)cc1)Cc1ccc(F)cc1. The molecule has 5 nitrogen and oxygen atoms in total. The first-order chi connectivity index (χ1) is 14.8. The Morgan fingerprint density at radius 1 is 0.903 bits per heavy atom. The van der Waals surface area contributed by atoms with E-state index in [1.807, 2.05) is 0 Å². The van der Waals surface area contributed by atoms with Gasteiger partial charge < -0.3 is 11.1 Å². The molecule has 0 fully saturated rings. The first-order valence-electron chi connectivity index (χ1n) is 9.56. The van der Waals surface area contributed by atoms with Gasteiger partial charge in [-0.05, 0) is 54.4 Å². The number of primary amides is 1. The van der Waals surface area contributed by atoms with E-state index in [2.05, 4.69) is 21.2 Å². The third-order valence-electron chi connectivity index (χ3n) is 4.83. The van der Waals surface area contributed by atoms with E-state index in [-0.39, 0.29) is 35.7 Å². The van der Waals surface area contributed by atoms with Gasteiger partial charge in [0.1, 0.15) is 5.82 Å². The standard InChI is InChI=1S/C24H20BrFN2O3/c25-18-9-7-16(8-10-18)22(29)20-3-1-2-4-21(20)24(31)28-14-17(23(27)30)13-15-5-11-19(26)12-6-15/h1-12,17H,13-14H2,(H2,27,30)(H,28,31). The summed E-state index contributed by atoms with van der Waals surface area (Å²) in [7, 11) is 0. The fraction of sp³-hybridized carbons (Fsp3) is 0.125. The van der Waals surface area contributed by atoms with Crippen LogP contribution in [0, 0.1) is 11.7 Å². The Kier molecular flexibility index (Phi) is 7.31. The first kappa shape index (κ1) is 22.4. The van der Waals surface area contributed by atoms with Gasteiger partial charge in [-0.25, -0.2) is 4.39 Å². The average molecular weight is 483 g/mol. The summed E-state index contributed by atoms with van der Waals surface area (Å²) in [4.78, 5) is 37.6. The van der Waals surface area contributed by atoms with Crippen molar-refractivity contribution in [1.29, 1.82) is 0 Å². The molecule has 3 N–H and O–H groups in total. The van der Waals surface area contributed by atoms with E-state index in [4.69, 9.17) is 5.73 Å². The monoisotopic (exact) mass is 482 g/mol. The molecule has 0 aliphatic rings. The van der Waals surface area contributed by atoms with Gasteiger partial charge in [0.2, 0.25) is 5.91 Å². The van der Waals surface area contributed by atoms with Crippen molar-refractivity contribution in [3.8, 4) is 0 Å². The minimum absolute atomic E-state index is 0.00759. The number of hydrogen-bond donors (Lipinski definition) is 2. The van der Waals surface area contributed by atoms with Crippen molar-refractivity contribution >= 4 is 33.5 Å². The van der Waals surface area contributed by atoms with E-state index >= 15 is 0 Å². The number of carbonyl (C=O) groups excluding carboxylic acids is 3. The predicted molar refractivity (Wildman–Crippen MR) is 119 cm³/mol. The van der Waals surface area contributed by atoms with Crippen LogP contribution in [0.3, 0.4) is 0 Å². The molecule has 0 aliphatic heterocycles. The van der Waals surface area contributed by atoms with E-state index in [0.29, 0.717) is 5.56 Å². The highest BCUT2D eigenvalue weighted by atomic mass is 79.9. The van der Waals surface area contributed by atoms with E-state index in [0.717, 1.165) is 10.0 Å². The zero-order chi connectivity index (χ0) is 22.4. The van der Waals surface area contributed by atoms with Gasteiger partial charge in [-0.3, -0.25) is 14.4 Å². The van der Waals surface area contributed by atoms with Crippen molar-refractivity contribution in [3.05, 3.63) is 105 Å². The van der Waals surface area contributed by atoms with Crippen LogP contribution in [0.2, 0.25) is 0 Å². The van der Waals surface area contributed by atoms with Gasteiger partial charge >= 0.3 is 0 Å². The van der Waals surface area contributed by atoms with Crippen molar-refractivity contribution in [2.75, 3.05) is 6.54 Å². The molecule has 0 spiro atoms. The van der Waals surface area contributed by atoms with Gasteiger partial charge in [0, 0.05) is 22.1 Å². The molecular weight excluding hydrogens is 463 g/mol. The smallest absolute Gasteiger partial charge is 0.252 e. The van der Waals surface area contributed by atoms with E-state index in [1.54, 1.807) is 60.7 Å². The van der Waals surface area contributed by atoms with Crippen molar-refractivity contribution in [3.63, 3.8) is 0 Å². The van der Waals surface area contributed by atoms with Gasteiger partial charge in [0.05, 0.1) is 11.5 Å². The minimum Gasteiger partial charge on any atom is -0.369 e. The molecule has 1 atom stereocenters. The zero-order valence-corrected chi connectivity index (χ0v) is 18.1. The highest BCUT2D eigenvalue weighted by Crippen LogP contribution is 2.18.